The van der Waals surface area contributed by atoms with Gasteiger partial charge in [-0.2, -0.15) is 0 Å². The van der Waals surface area contributed by atoms with Gasteiger partial charge in [-0.3, -0.25) is 4.79 Å². The summed E-state index contributed by atoms with van der Waals surface area (Å²) in [6.07, 6.45) is -0.186. The zero-order valence-electron chi connectivity index (χ0n) is 15.4. The Kier molecular flexibility index (Phi) is 5.44. The molecule has 0 saturated heterocycles. The molecule has 2 aromatic carbocycles. The number of aryl methyl sites for hydroxylation is 1. The van der Waals surface area contributed by atoms with Gasteiger partial charge in [0, 0.05) is 17.1 Å². The van der Waals surface area contributed by atoms with E-state index >= 15 is 0 Å². The zero-order valence-corrected chi connectivity index (χ0v) is 15.4. The molecule has 144 valence electrons. The topological polar surface area (TPSA) is 106 Å². The molecule has 7 heteroatoms. The molecule has 0 atom stereocenters. The van der Waals surface area contributed by atoms with E-state index in [0.29, 0.717) is 22.2 Å². The molecule has 7 nitrogen and oxygen atoms in total. The van der Waals surface area contributed by atoms with Crippen LogP contribution in [0.1, 0.15) is 28.4 Å². The van der Waals surface area contributed by atoms with E-state index in [1.165, 1.54) is 18.2 Å². The van der Waals surface area contributed by atoms with Gasteiger partial charge in [-0.05, 0) is 49.7 Å². The number of phenolic OH excluding ortho intramolecular Hbond substituents is 1. The molecule has 1 aromatic heterocycles. The van der Waals surface area contributed by atoms with Crippen LogP contribution in [0, 0.1) is 6.92 Å². The Morgan fingerprint density at radius 3 is 2.71 bits per heavy atom. The highest BCUT2D eigenvalue weighted by atomic mass is 16.5. The van der Waals surface area contributed by atoms with Crippen molar-refractivity contribution in [2.24, 2.45) is 0 Å². The van der Waals surface area contributed by atoms with Crippen LogP contribution in [0.4, 0.5) is 5.69 Å². The fourth-order valence-corrected chi connectivity index (χ4v) is 2.89. The van der Waals surface area contributed by atoms with Crippen molar-refractivity contribution in [2.45, 2.75) is 20.3 Å². The van der Waals surface area contributed by atoms with Gasteiger partial charge >= 0.3 is 11.6 Å². The van der Waals surface area contributed by atoms with Crippen molar-refractivity contribution in [1.82, 2.24) is 0 Å². The number of phenols is 1. The number of benzene rings is 2. The van der Waals surface area contributed by atoms with E-state index in [0.717, 1.165) is 0 Å². The van der Waals surface area contributed by atoms with E-state index in [-0.39, 0.29) is 29.9 Å². The van der Waals surface area contributed by atoms with E-state index in [2.05, 4.69) is 5.32 Å². The quantitative estimate of drug-likeness (QED) is 0.519. The van der Waals surface area contributed by atoms with Crippen LogP contribution in [-0.4, -0.2) is 23.6 Å². The predicted octanol–water partition coefficient (Wildman–Crippen LogP) is 3.16. The average molecular weight is 381 g/mol. The van der Waals surface area contributed by atoms with Gasteiger partial charge in [-0.15, -0.1) is 0 Å². The van der Waals surface area contributed by atoms with Gasteiger partial charge in [0.05, 0.1) is 24.2 Å². The number of esters is 1. The lowest BCUT2D eigenvalue weighted by Gasteiger charge is -2.10. The molecule has 3 rings (SSSR count). The number of fused-ring (bicyclic) bond motifs is 1. The fourth-order valence-electron chi connectivity index (χ4n) is 2.89. The van der Waals surface area contributed by atoms with Crippen LogP contribution in [0.25, 0.3) is 11.0 Å². The molecule has 0 spiro atoms. The Bertz CT molecular complexity index is 1120. The Morgan fingerprint density at radius 2 is 1.96 bits per heavy atom. The predicted molar refractivity (Wildman–Crippen MR) is 104 cm³/mol. The molecule has 0 unspecified atom stereocenters. The summed E-state index contributed by atoms with van der Waals surface area (Å²) in [5, 5.41) is 12.8. The van der Waals surface area contributed by atoms with Crippen molar-refractivity contribution < 1.29 is 23.8 Å². The lowest BCUT2D eigenvalue weighted by Crippen LogP contribution is -2.20. The third-order valence-corrected chi connectivity index (χ3v) is 4.27. The maximum Gasteiger partial charge on any atom is 0.340 e. The largest absolute Gasteiger partial charge is 0.508 e. The lowest BCUT2D eigenvalue weighted by atomic mass is 10.0. The summed E-state index contributed by atoms with van der Waals surface area (Å²) in [6, 6.07) is 10.8. The van der Waals surface area contributed by atoms with Crippen LogP contribution in [0.15, 0.2) is 51.7 Å². The Hall–Kier alpha value is -3.61. The van der Waals surface area contributed by atoms with E-state index < -0.39 is 17.5 Å². The van der Waals surface area contributed by atoms with Crippen molar-refractivity contribution >= 4 is 28.5 Å². The van der Waals surface area contributed by atoms with E-state index in [4.69, 9.17) is 9.15 Å². The average Bonchev–Trinajstić information content (AvgIpc) is 2.65. The maximum atomic E-state index is 12.4. The van der Waals surface area contributed by atoms with Gasteiger partial charge in [0.25, 0.3) is 0 Å². The Morgan fingerprint density at radius 1 is 1.18 bits per heavy atom. The van der Waals surface area contributed by atoms with Crippen LogP contribution in [0.5, 0.6) is 5.75 Å². The molecule has 0 aliphatic heterocycles. The van der Waals surface area contributed by atoms with E-state index in [1.54, 1.807) is 38.1 Å². The van der Waals surface area contributed by atoms with Gasteiger partial charge in [-0.25, -0.2) is 9.59 Å². The third-order valence-electron chi connectivity index (χ3n) is 4.27. The summed E-state index contributed by atoms with van der Waals surface area (Å²) in [5.74, 6) is -0.913. The number of hydrogen-bond acceptors (Lipinski definition) is 6. The molecule has 3 aromatic rings. The first-order chi connectivity index (χ1) is 13.4. The van der Waals surface area contributed by atoms with Crippen molar-refractivity contribution in [3.8, 4) is 5.75 Å². The maximum absolute atomic E-state index is 12.4. The van der Waals surface area contributed by atoms with Crippen LogP contribution in [0.2, 0.25) is 0 Å². The minimum Gasteiger partial charge on any atom is -0.508 e. The molecular weight excluding hydrogens is 362 g/mol. The highest BCUT2D eigenvalue weighted by Gasteiger charge is 2.16. The second-order valence-electron chi connectivity index (χ2n) is 6.20. The molecule has 1 heterocycles. The summed E-state index contributed by atoms with van der Waals surface area (Å²) in [5.41, 5.74) is 1.21. The van der Waals surface area contributed by atoms with Gasteiger partial charge in [0.15, 0.2) is 0 Å². The molecule has 2 N–H and O–H groups in total. The second-order valence-corrected chi connectivity index (χ2v) is 6.20. The SMILES string of the molecule is CCOC(=O)c1cccc(NC(=O)Cc2c(C)c3ccc(O)cc3oc2=O)c1. The normalized spacial score (nSPS) is 10.6. The van der Waals surface area contributed by atoms with Crippen LogP contribution >= 0.6 is 0 Å². The number of rotatable bonds is 5. The fraction of sp³-hybridized carbons (Fsp3) is 0.190. The number of carbonyl (C=O) groups excluding carboxylic acids is 2. The van der Waals surface area contributed by atoms with Crippen molar-refractivity contribution in [1.29, 1.82) is 0 Å². The first-order valence-electron chi connectivity index (χ1n) is 8.71. The summed E-state index contributed by atoms with van der Waals surface area (Å²) in [7, 11) is 0. The van der Waals surface area contributed by atoms with E-state index in [9.17, 15) is 19.5 Å². The summed E-state index contributed by atoms with van der Waals surface area (Å²) in [4.78, 5) is 36.5. The minimum absolute atomic E-state index is 0.0120. The molecule has 28 heavy (non-hydrogen) atoms. The van der Waals surface area contributed by atoms with Crippen molar-refractivity contribution in [3.05, 3.63) is 69.6 Å². The standard InChI is InChI=1S/C21H19NO6/c1-3-27-20(25)13-5-4-6-14(9-13)22-19(24)11-17-12(2)16-8-7-15(23)10-18(16)28-21(17)26/h4-10,23H,3,11H2,1-2H3,(H,22,24). The molecular formula is C21H19NO6. The first kappa shape index (κ1) is 19.2. The number of nitrogens with one attached hydrogen (secondary N) is 1. The van der Waals surface area contributed by atoms with Crippen LogP contribution in [0.3, 0.4) is 0 Å². The molecule has 0 saturated carbocycles. The first-order valence-corrected chi connectivity index (χ1v) is 8.71. The smallest absolute Gasteiger partial charge is 0.340 e. The number of amides is 1. The third kappa shape index (κ3) is 4.03. The van der Waals surface area contributed by atoms with Gasteiger partial charge in [-0.1, -0.05) is 6.07 Å². The molecule has 1 amide bonds. The Labute approximate surface area is 160 Å². The number of carbonyl (C=O) groups is 2. The number of hydrogen-bond donors (Lipinski definition) is 2. The molecule has 0 fully saturated rings. The van der Waals surface area contributed by atoms with Crippen molar-refractivity contribution in [2.75, 3.05) is 11.9 Å². The number of anilines is 1. The molecule has 0 bridgehead atoms. The lowest BCUT2D eigenvalue weighted by molar-refractivity contribution is -0.115. The van der Waals surface area contributed by atoms with Crippen molar-refractivity contribution in [3.63, 3.8) is 0 Å². The highest BCUT2D eigenvalue weighted by Crippen LogP contribution is 2.23. The highest BCUT2D eigenvalue weighted by molar-refractivity contribution is 5.96. The second kappa shape index (κ2) is 7.96. The van der Waals surface area contributed by atoms with Crippen LogP contribution in [-0.2, 0) is 16.0 Å². The monoisotopic (exact) mass is 381 g/mol. The number of ether oxygens (including phenoxy) is 1. The summed E-state index contributed by atoms with van der Waals surface area (Å²) >= 11 is 0. The van der Waals surface area contributed by atoms with Gasteiger partial charge < -0.3 is 19.6 Å². The van der Waals surface area contributed by atoms with Crippen LogP contribution < -0.4 is 10.9 Å². The number of aromatic hydroxyl groups is 1. The molecule has 0 aliphatic rings. The molecule has 0 radical (unpaired) electrons. The zero-order chi connectivity index (χ0) is 20.3. The summed E-state index contributed by atoms with van der Waals surface area (Å²) < 4.78 is 10.2. The molecule has 0 aliphatic carbocycles. The summed E-state index contributed by atoms with van der Waals surface area (Å²) in [6.45, 7) is 3.69. The Balaban J connectivity index is 1.82. The van der Waals surface area contributed by atoms with Gasteiger partial charge in [0.1, 0.15) is 11.3 Å². The van der Waals surface area contributed by atoms with Gasteiger partial charge in [0.2, 0.25) is 5.91 Å². The minimum atomic E-state index is -0.633. The van der Waals surface area contributed by atoms with E-state index in [1.807, 2.05) is 0 Å².